The zero-order valence-electron chi connectivity index (χ0n) is 26.8. The molecule has 246 valence electrons. The van der Waals surface area contributed by atoms with Gasteiger partial charge in [0.1, 0.15) is 0 Å². The molecule has 0 saturated carbocycles. The third kappa shape index (κ3) is 24.6. The van der Waals surface area contributed by atoms with Gasteiger partial charge in [0, 0.05) is 19.6 Å². The molecule has 2 unspecified atom stereocenters. The van der Waals surface area contributed by atoms with Crippen molar-refractivity contribution in [2.24, 2.45) is 11.8 Å². The Labute approximate surface area is 259 Å². The number of hydrogen-bond donors (Lipinski definition) is 3. The smallest absolute Gasteiger partial charge is 0.462 e. The van der Waals surface area contributed by atoms with Gasteiger partial charge in [0.25, 0.3) is 0 Å². The summed E-state index contributed by atoms with van der Waals surface area (Å²) >= 11 is 0. The summed E-state index contributed by atoms with van der Waals surface area (Å²) in [6, 6.07) is 6.77. The first-order valence-electron chi connectivity index (χ1n) is 15.2. The van der Waals surface area contributed by atoms with Gasteiger partial charge in [-0.3, -0.25) is 4.90 Å². The fraction of sp³-hybridized carbons (Fsp3) is 0.576. The SMILES string of the molecule is C=CCN(CC=C)CC=C.CCCCC(CC)COC(=O)c1ccccc1C(=O)OCC(CC)CCCC.O=P(O)(O)O. The van der Waals surface area contributed by atoms with Crippen LogP contribution in [0.15, 0.2) is 62.2 Å². The third-order valence-corrected chi connectivity index (χ3v) is 6.52. The second kappa shape index (κ2) is 27.0. The molecule has 2 atom stereocenters. The van der Waals surface area contributed by atoms with Gasteiger partial charge in [0.2, 0.25) is 0 Å². The lowest BCUT2D eigenvalue weighted by Crippen LogP contribution is -2.23. The molecule has 10 heteroatoms. The Morgan fingerprint density at radius 1 is 0.767 bits per heavy atom. The third-order valence-electron chi connectivity index (χ3n) is 6.52. The van der Waals surface area contributed by atoms with Crippen molar-refractivity contribution in [2.75, 3.05) is 32.8 Å². The number of ether oxygens (including phenoxy) is 2. The minimum Gasteiger partial charge on any atom is -0.462 e. The minimum absolute atomic E-state index is 0.291. The highest BCUT2D eigenvalue weighted by Gasteiger charge is 2.21. The van der Waals surface area contributed by atoms with Crippen molar-refractivity contribution in [1.82, 2.24) is 4.90 Å². The molecule has 0 amide bonds. The van der Waals surface area contributed by atoms with Crippen LogP contribution in [0, 0.1) is 11.8 Å². The van der Waals surface area contributed by atoms with E-state index >= 15 is 0 Å². The molecule has 0 radical (unpaired) electrons. The van der Waals surface area contributed by atoms with E-state index in [9.17, 15) is 9.59 Å². The lowest BCUT2D eigenvalue weighted by atomic mass is 10.0. The van der Waals surface area contributed by atoms with E-state index in [1.54, 1.807) is 24.3 Å². The van der Waals surface area contributed by atoms with Crippen LogP contribution in [0.3, 0.4) is 0 Å². The van der Waals surface area contributed by atoms with E-state index in [-0.39, 0.29) is 0 Å². The largest absolute Gasteiger partial charge is 0.466 e. The van der Waals surface area contributed by atoms with Crippen LogP contribution in [0.1, 0.15) is 99.8 Å². The Kier molecular flexibility index (Phi) is 26.8. The molecular formula is C33H56NO8P. The second-order valence-electron chi connectivity index (χ2n) is 10.2. The maximum absolute atomic E-state index is 12.6. The van der Waals surface area contributed by atoms with Crippen LogP contribution in [-0.2, 0) is 14.0 Å². The molecule has 1 aromatic carbocycles. The Morgan fingerprint density at radius 2 is 1.09 bits per heavy atom. The molecule has 0 fully saturated rings. The lowest BCUT2D eigenvalue weighted by Gasteiger charge is -2.17. The number of hydrogen-bond acceptors (Lipinski definition) is 6. The normalized spacial score (nSPS) is 12.0. The van der Waals surface area contributed by atoms with E-state index in [4.69, 9.17) is 28.7 Å². The summed E-state index contributed by atoms with van der Waals surface area (Å²) in [5, 5.41) is 0. The van der Waals surface area contributed by atoms with Gasteiger partial charge in [-0.15, -0.1) is 19.7 Å². The van der Waals surface area contributed by atoms with Crippen molar-refractivity contribution < 1.29 is 38.3 Å². The fourth-order valence-electron chi connectivity index (χ4n) is 3.95. The van der Waals surface area contributed by atoms with Crippen molar-refractivity contribution in [3.05, 3.63) is 73.4 Å². The quantitative estimate of drug-likeness (QED) is 0.0772. The number of rotatable bonds is 20. The number of esters is 2. The summed E-state index contributed by atoms with van der Waals surface area (Å²) in [7, 11) is -4.64. The monoisotopic (exact) mass is 625 g/mol. The number of benzene rings is 1. The Balaban J connectivity index is 0. The highest BCUT2D eigenvalue weighted by atomic mass is 31.2. The molecular weight excluding hydrogens is 569 g/mol. The summed E-state index contributed by atoms with van der Waals surface area (Å²) in [4.78, 5) is 48.9. The van der Waals surface area contributed by atoms with Crippen molar-refractivity contribution in [1.29, 1.82) is 0 Å². The van der Waals surface area contributed by atoms with Crippen molar-refractivity contribution in [2.45, 2.75) is 79.1 Å². The van der Waals surface area contributed by atoms with E-state index < -0.39 is 19.8 Å². The summed E-state index contributed by atoms with van der Waals surface area (Å²) in [6.07, 6.45) is 14.3. The summed E-state index contributed by atoms with van der Waals surface area (Å²) in [5.41, 5.74) is 0.582. The number of carbonyl (C=O) groups is 2. The summed E-state index contributed by atoms with van der Waals surface area (Å²) in [5.74, 6) is -0.153. The van der Waals surface area contributed by atoms with Crippen molar-refractivity contribution >= 4 is 19.8 Å². The average molecular weight is 626 g/mol. The maximum atomic E-state index is 12.6. The first-order valence-corrected chi connectivity index (χ1v) is 16.7. The molecule has 0 aliphatic rings. The van der Waals surface area contributed by atoms with Crippen molar-refractivity contribution in [3.8, 4) is 0 Å². The van der Waals surface area contributed by atoms with Gasteiger partial charge in [0.05, 0.1) is 24.3 Å². The zero-order valence-corrected chi connectivity index (χ0v) is 27.7. The van der Waals surface area contributed by atoms with Gasteiger partial charge >= 0.3 is 19.8 Å². The van der Waals surface area contributed by atoms with Gasteiger partial charge in [-0.25, -0.2) is 14.2 Å². The molecule has 0 spiro atoms. The standard InChI is InChI=1S/C24H38O4.C9H15N.H3O4P/c1-5-9-13-19(7-3)17-27-23(25)21-15-11-12-16-22(21)24(26)28-18-20(8-4)14-10-6-2;1-4-7-10(8-5-2)9-6-3;1-5(2,3)4/h11-12,15-16,19-20H,5-10,13-14,17-18H2,1-4H3;4-6H,1-3,7-9H2;(H3,1,2,3,4). The first kappa shape index (κ1) is 42.6. The van der Waals surface area contributed by atoms with Crippen molar-refractivity contribution in [3.63, 3.8) is 0 Å². The van der Waals surface area contributed by atoms with E-state index in [1.165, 1.54) is 0 Å². The molecule has 43 heavy (non-hydrogen) atoms. The maximum Gasteiger partial charge on any atom is 0.466 e. The van der Waals surface area contributed by atoms with Crippen LogP contribution in [-0.4, -0.2) is 64.4 Å². The van der Waals surface area contributed by atoms with Gasteiger partial charge < -0.3 is 24.2 Å². The number of phosphoric acid groups is 1. The van der Waals surface area contributed by atoms with Gasteiger partial charge in [-0.2, -0.15) is 0 Å². The van der Waals surface area contributed by atoms with E-state index in [0.717, 1.165) is 71.0 Å². The first-order chi connectivity index (χ1) is 20.4. The molecule has 1 rings (SSSR count). The van der Waals surface area contributed by atoms with Gasteiger partial charge in [0.15, 0.2) is 0 Å². The second-order valence-corrected chi connectivity index (χ2v) is 11.2. The number of nitrogens with zero attached hydrogens (tertiary/aromatic N) is 1. The summed E-state index contributed by atoms with van der Waals surface area (Å²) < 4.78 is 19.9. The summed E-state index contributed by atoms with van der Waals surface area (Å²) in [6.45, 7) is 23.0. The zero-order chi connectivity index (χ0) is 33.1. The highest BCUT2D eigenvalue weighted by Crippen LogP contribution is 2.25. The molecule has 9 nitrogen and oxygen atoms in total. The molecule has 0 bridgehead atoms. The fourth-order valence-corrected chi connectivity index (χ4v) is 3.95. The molecule has 1 aromatic rings. The predicted molar refractivity (Wildman–Crippen MR) is 175 cm³/mol. The average Bonchev–Trinajstić information content (AvgIpc) is 2.97. The minimum atomic E-state index is -4.64. The van der Waals surface area contributed by atoms with Crippen LogP contribution in [0.5, 0.6) is 0 Å². The Hall–Kier alpha value is -2.55. The lowest BCUT2D eigenvalue weighted by molar-refractivity contribution is 0.0381. The van der Waals surface area contributed by atoms with Crippen LogP contribution in [0.4, 0.5) is 0 Å². The molecule has 0 aliphatic heterocycles. The Bertz CT molecular complexity index is 879. The molecule has 0 aromatic heterocycles. The van der Waals surface area contributed by atoms with E-state index in [1.807, 2.05) is 18.2 Å². The number of carbonyl (C=O) groups excluding carboxylic acids is 2. The van der Waals surface area contributed by atoms with E-state index in [2.05, 4.69) is 52.3 Å². The highest BCUT2D eigenvalue weighted by molar-refractivity contribution is 7.45. The Morgan fingerprint density at radius 3 is 1.35 bits per heavy atom. The molecule has 3 N–H and O–H groups in total. The molecule has 0 saturated heterocycles. The van der Waals surface area contributed by atoms with Crippen LogP contribution >= 0.6 is 7.82 Å². The van der Waals surface area contributed by atoms with Gasteiger partial charge in [-0.1, -0.05) is 96.6 Å². The topological polar surface area (TPSA) is 134 Å². The molecule has 0 heterocycles. The van der Waals surface area contributed by atoms with Crippen LogP contribution < -0.4 is 0 Å². The molecule has 0 aliphatic carbocycles. The van der Waals surface area contributed by atoms with E-state index in [0.29, 0.717) is 36.2 Å². The number of unbranched alkanes of at least 4 members (excludes halogenated alkanes) is 2. The van der Waals surface area contributed by atoms with Gasteiger partial charge in [-0.05, 0) is 36.8 Å². The van der Waals surface area contributed by atoms with Crippen LogP contribution in [0.2, 0.25) is 0 Å². The predicted octanol–water partition coefficient (Wildman–Crippen LogP) is 7.35. The van der Waals surface area contributed by atoms with Crippen LogP contribution in [0.25, 0.3) is 0 Å².